The Hall–Kier alpha value is -1.11. The quantitative estimate of drug-likeness (QED) is 0.916. The monoisotopic (exact) mass is 274 g/mol. The number of nitrogens with zero attached hydrogens (tertiary/aromatic N) is 1. The first-order valence-corrected chi connectivity index (χ1v) is 6.19. The minimum atomic E-state index is -4.32. The van der Waals surface area contributed by atoms with Crippen LogP contribution in [0.4, 0.5) is 13.2 Å². The fourth-order valence-corrected chi connectivity index (χ4v) is 2.11. The van der Waals surface area contributed by atoms with Gasteiger partial charge in [-0.15, -0.1) is 0 Å². The zero-order chi connectivity index (χ0) is 13.9. The number of halogens is 3. The molecule has 1 saturated heterocycles. The molecule has 1 fully saturated rings. The summed E-state index contributed by atoms with van der Waals surface area (Å²) in [7, 11) is 0. The van der Waals surface area contributed by atoms with Gasteiger partial charge in [-0.05, 0) is 17.7 Å². The van der Waals surface area contributed by atoms with Crippen molar-refractivity contribution < 1.29 is 17.9 Å². The van der Waals surface area contributed by atoms with Crippen molar-refractivity contribution in [3.05, 3.63) is 35.4 Å². The smallest absolute Gasteiger partial charge is 0.379 e. The first kappa shape index (κ1) is 14.3. The Balaban J connectivity index is 2.04. The molecule has 1 aromatic rings. The third-order valence-corrected chi connectivity index (χ3v) is 3.20. The second-order valence-corrected chi connectivity index (χ2v) is 4.64. The van der Waals surface area contributed by atoms with E-state index in [0.717, 1.165) is 25.2 Å². The molecule has 106 valence electrons. The summed E-state index contributed by atoms with van der Waals surface area (Å²) in [4.78, 5) is 2.11. The minimum Gasteiger partial charge on any atom is -0.379 e. The SMILES string of the molecule is NC(CN1CCOCC1)c1cccc(C(F)(F)F)c1. The van der Waals surface area contributed by atoms with Crippen molar-refractivity contribution >= 4 is 0 Å². The highest BCUT2D eigenvalue weighted by Crippen LogP contribution is 2.30. The Morgan fingerprint density at radius 2 is 1.95 bits per heavy atom. The lowest BCUT2D eigenvalue weighted by molar-refractivity contribution is -0.137. The Morgan fingerprint density at radius 1 is 1.26 bits per heavy atom. The average Bonchev–Trinajstić information content (AvgIpc) is 2.39. The topological polar surface area (TPSA) is 38.5 Å². The summed E-state index contributed by atoms with van der Waals surface area (Å²) in [5.41, 5.74) is 5.85. The number of alkyl halides is 3. The second-order valence-electron chi connectivity index (χ2n) is 4.64. The van der Waals surface area contributed by atoms with Gasteiger partial charge in [-0.3, -0.25) is 4.90 Å². The molecule has 0 radical (unpaired) electrons. The molecule has 1 aliphatic rings. The van der Waals surface area contributed by atoms with Crippen LogP contribution >= 0.6 is 0 Å². The number of hydrogen-bond donors (Lipinski definition) is 1. The van der Waals surface area contributed by atoms with Crippen molar-refractivity contribution in [2.75, 3.05) is 32.8 Å². The summed E-state index contributed by atoms with van der Waals surface area (Å²) in [5, 5.41) is 0. The molecule has 1 heterocycles. The minimum absolute atomic E-state index is 0.416. The highest BCUT2D eigenvalue weighted by Gasteiger charge is 2.30. The van der Waals surface area contributed by atoms with Gasteiger partial charge in [0.2, 0.25) is 0 Å². The molecular formula is C13H17F3N2O. The van der Waals surface area contributed by atoms with E-state index in [-0.39, 0.29) is 0 Å². The van der Waals surface area contributed by atoms with E-state index in [1.54, 1.807) is 6.07 Å². The summed E-state index contributed by atoms with van der Waals surface area (Å²) in [6, 6.07) is 4.81. The third-order valence-electron chi connectivity index (χ3n) is 3.20. The normalized spacial score (nSPS) is 19.4. The van der Waals surface area contributed by atoms with Gasteiger partial charge in [0, 0.05) is 25.7 Å². The molecule has 2 rings (SSSR count). The van der Waals surface area contributed by atoms with Crippen LogP contribution in [0.5, 0.6) is 0 Å². The highest BCUT2D eigenvalue weighted by atomic mass is 19.4. The van der Waals surface area contributed by atoms with Gasteiger partial charge < -0.3 is 10.5 Å². The summed E-state index contributed by atoms with van der Waals surface area (Å²) in [5.74, 6) is 0. The van der Waals surface area contributed by atoms with Gasteiger partial charge in [-0.2, -0.15) is 13.2 Å². The van der Waals surface area contributed by atoms with Gasteiger partial charge in [0.1, 0.15) is 0 Å². The molecule has 0 aromatic heterocycles. The molecule has 3 nitrogen and oxygen atoms in total. The van der Waals surface area contributed by atoms with Gasteiger partial charge in [0.05, 0.1) is 18.8 Å². The molecule has 1 aromatic carbocycles. The van der Waals surface area contributed by atoms with Crippen molar-refractivity contribution in [2.45, 2.75) is 12.2 Å². The molecule has 0 saturated carbocycles. The van der Waals surface area contributed by atoms with E-state index in [4.69, 9.17) is 10.5 Å². The standard InChI is InChI=1S/C13H17F3N2O/c14-13(15,16)11-3-1-2-10(8-11)12(17)9-18-4-6-19-7-5-18/h1-3,8,12H,4-7,9,17H2. The van der Waals surface area contributed by atoms with Crippen molar-refractivity contribution in [1.82, 2.24) is 4.90 Å². The number of hydrogen-bond acceptors (Lipinski definition) is 3. The molecule has 0 bridgehead atoms. The van der Waals surface area contributed by atoms with Crippen LogP contribution in [0.25, 0.3) is 0 Å². The summed E-state index contributed by atoms with van der Waals surface area (Å²) in [6.45, 7) is 3.38. The molecule has 6 heteroatoms. The van der Waals surface area contributed by atoms with Crippen LogP contribution in [0, 0.1) is 0 Å². The number of nitrogens with two attached hydrogens (primary N) is 1. The number of ether oxygens (including phenoxy) is 1. The van der Waals surface area contributed by atoms with Gasteiger partial charge in [-0.25, -0.2) is 0 Å². The van der Waals surface area contributed by atoms with E-state index >= 15 is 0 Å². The lowest BCUT2D eigenvalue weighted by Gasteiger charge is -2.29. The van der Waals surface area contributed by atoms with E-state index in [0.29, 0.717) is 25.3 Å². The average molecular weight is 274 g/mol. The Labute approximate surface area is 110 Å². The van der Waals surface area contributed by atoms with Crippen molar-refractivity contribution in [3.63, 3.8) is 0 Å². The predicted octanol–water partition coefficient (Wildman–Crippen LogP) is 2.04. The number of benzene rings is 1. The zero-order valence-corrected chi connectivity index (χ0v) is 10.5. The van der Waals surface area contributed by atoms with Gasteiger partial charge in [0.25, 0.3) is 0 Å². The molecule has 0 aliphatic carbocycles. The van der Waals surface area contributed by atoms with Gasteiger partial charge in [0.15, 0.2) is 0 Å². The molecule has 2 N–H and O–H groups in total. The zero-order valence-electron chi connectivity index (χ0n) is 10.5. The number of rotatable bonds is 3. The molecule has 0 spiro atoms. The fourth-order valence-electron chi connectivity index (χ4n) is 2.11. The first-order chi connectivity index (χ1) is 8.97. The fraction of sp³-hybridized carbons (Fsp3) is 0.538. The molecule has 1 atom stereocenters. The molecular weight excluding hydrogens is 257 g/mol. The Bertz CT molecular complexity index is 417. The number of morpholine rings is 1. The van der Waals surface area contributed by atoms with Crippen molar-refractivity contribution in [2.24, 2.45) is 5.73 Å². The maximum Gasteiger partial charge on any atom is 0.416 e. The van der Waals surface area contributed by atoms with Crippen LogP contribution in [-0.2, 0) is 10.9 Å². The van der Waals surface area contributed by atoms with Gasteiger partial charge >= 0.3 is 6.18 Å². The molecule has 0 amide bonds. The van der Waals surface area contributed by atoms with Crippen LogP contribution in [0.1, 0.15) is 17.2 Å². The van der Waals surface area contributed by atoms with E-state index in [1.165, 1.54) is 6.07 Å². The third kappa shape index (κ3) is 3.92. The predicted molar refractivity (Wildman–Crippen MR) is 65.6 cm³/mol. The largest absolute Gasteiger partial charge is 0.416 e. The van der Waals surface area contributed by atoms with Crippen LogP contribution in [0.15, 0.2) is 24.3 Å². The summed E-state index contributed by atoms with van der Waals surface area (Å²) < 4.78 is 43.1. The lowest BCUT2D eigenvalue weighted by atomic mass is 10.0. The summed E-state index contributed by atoms with van der Waals surface area (Å²) in [6.07, 6.45) is -4.32. The second kappa shape index (κ2) is 5.90. The van der Waals surface area contributed by atoms with Crippen LogP contribution < -0.4 is 5.73 Å². The maximum atomic E-state index is 12.6. The Kier molecular flexibility index (Phi) is 4.44. The highest BCUT2D eigenvalue weighted by molar-refractivity contribution is 5.28. The van der Waals surface area contributed by atoms with Crippen LogP contribution in [-0.4, -0.2) is 37.7 Å². The maximum absolute atomic E-state index is 12.6. The van der Waals surface area contributed by atoms with Crippen molar-refractivity contribution in [1.29, 1.82) is 0 Å². The molecule has 1 unspecified atom stereocenters. The summed E-state index contributed by atoms with van der Waals surface area (Å²) >= 11 is 0. The van der Waals surface area contributed by atoms with E-state index in [2.05, 4.69) is 4.90 Å². The molecule has 1 aliphatic heterocycles. The molecule has 19 heavy (non-hydrogen) atoms. The van der Waals surface area contributed by atoms with Crippen LogP contribution in [0.2, 0.25) is 0 Å². The van der Waals surface area contributed by atoms with Crippen molar-refractivity contribution in [3.8, 4) is 0 Å². The Morgan fingerprint density at radius 3 is 2.58 bits per heavy atom. The van der Waals surface area contributed by atoms with E-state index in [9.17, 15) is 13.2 Å². The van der Waals surface area contributed by atoms with Crippen LogP contribution in [0.3, 0.4) is 0 Å². The van der Waals surface area contributed by atoms with E-state index < -0.39 is 17.8 Å². The van der Waals surface area contributed by atoms with E-state index in [1.807, 2.05) is 0 Å². The van der Waals surface area contributed by atoms with Gasteiger partial charge in [-0.1, -0.05) is 12.1 Å². The first-order valence-electron chi connectivity index (χ1n) is 6.19. The lowest BCUT2D eigenvalue weighted by Crippen LogP contribution is -2.40.